The van der Waals surface area contributed by atoms with E-state index in [-0.39, 0.29) is 0 Å². The zero-order valence-electron chi connectivity index (χ0n) is 14.6. The predicted octanol–water partition coefficient (Wildman–Crippen LogP) is 6.28. The van der Waals surface area contributed by atoms with Gasteiger partial charge < -0.3 is 5.32 Å². The molecule has 0 saturated heterocycles. The smallest absolute Gasteiger partial charge is 0.0299 e. The lowest BCUT2D eigenvalue weighted by Gasteiger charge is -2.15. The molecular formula is C19H35NS. The average molecular weight is 310 g/mol. The Bertz CT molecular complexity index is 362. The minimum Gasteiger partial charge on any atom is -0.312 e. The number of thiophene rings is 1. The van der Waals surface area contributed by atoms with Crippen LogP contribution in [-0.4, -0.2) is 6.54 Å². The normalized spacial score (nSPS) is 12.0. The van der Waals surface area contributed by atoms with Gasteiger partial charge in [-0.05, 0) is 30.5 Å². The Morgan fingerprint density at radius 2 is 1.52 bits per heavy atom. The van der Waals surface area contributed by atoms with Crippen LogP contribution in [0.1, 0.15) is 88.8 Å². The molecule has 0 amide bonds. The highest BCUT2D eigenvalue weighted by molar-refractivity contribution is 7.12. The molecule has 0 saturated carbocycles. The Morgan fingerprint density at radius 1 is 0.905 bits per heavy atom. The molecule has 0 aliphatic heterocycles. The summed E-state index contributed by atoms with van der Waals surface area (Å²) in [6.45, 7) is 11.3. The van der Waals surface area contributed by atoms with E-state index >= 15 is 0 Å². The molecule has 0 radical (unpaired) electrons. The molecule has 1 aromatic heterocycles. The van der Waals surface area contributed by atoms with Gasteiger partial charge in [0.2, 0.25) is 0 Å². The average Bonchev–Trinajstić information content (AvgIpc) is 2.90. The fraction of sp³-hybridized carbons (Fsp3) is 0.789. The lowest BCUT2D eigenvalue weighted by Crippen LogP contribution is -2.13. The third-order valence-electron chi connectivity index (χ3n) is 3.91. The van der Waals surface area contributed by atoms with Gasteiger partial charge in [-0.25, -0.2) is 0 Å². The Labute approximate surface area is 136 Å². The van der Waals surface area contributed by atoms with Crippen molar-refractivity contribution in [3.05, 3.63) is 21.9 Å². The first-order valence-corrected chi connectivity index (χ1v) is 9.65. The molecule has 0 spiro atoms. The van der Waals surface area contributed by atoms with Crippen molar-refractivity contribution < 1.29 is 0 Å². The quantitative estimate of drug-likeness (QED) is 0.475. The first kappa shape index (κ1) is 18.7. The molecule has 0 aliphatic carbocycles. The molecule has 1 heterocycles. The van der Waals surface area contributed by atoms with Crippen LogP contribution in [0.4, 0.5) is 0 Å². The first-order valence-electron chi connectivity index (χ1n) is 8.84. The fourth-order valence-corrected chi connectivity index (χ4v) is 3.51. The van der Waals surface area contributed by atoms with Crippen LogP contribution in [0.3, 0.4) is 0 Å². The van der Waals surface area contributed by atoms with Crippen molar-refractivity contribution in [2.45, 2.75) is 91.0 Å². The van der Waals surface area contributed by atoms with Crippen molar-refractivity contribution in [1.29, 1.82) is 0 Å². The van der Waals surface area contributed by atoms with Crippen molar-refractivity contribution >= 4 is 11.3 Å². The second kappa shape index (κ2) is 10.4. The van der Waals surface area contributed by atoms with Crippen LogP contribution in [-0.2, 0) is 12.0 Å². The summed E-state index contributed by atoms with van der Waals surface area (Å²) in [4.78, 5) is 2.96. The molecule has 0 fully saturated rings. The predicted molar refractivity (Wildman–Crippen MR) is 97.3 cm³/mol. The van der Waals surface area contributed by atoms with E-state index in [0.717, 1.165) is 13.1 Å². The van der Waals surface area contributed by atoms with Crippen LogP contribution >= 0.6 is 11.3 Å². The van der Waals surface area contributed by atoms with E-state index < -0.39 is 0 Å². The van der Waals surface area contributed by atoms with Crippen LogP contribution in [0.5, 0.6) is 0 Å². The van der Waals surface area contributed by atoms with Crippen molar-refractivity contribution in [2.75, 3.05) is 6.54 Å². The summed E-state index contributed by atoms with van der Waals surface area (Å²) in [6, 6.07) is 4.57. The Balaban J connectivity index is 1.98. The zero-order valence-corrected chi connectivity index (χ0v) is 15.5. The molecule has 122 valence electrons. The van der Waals surface area contributed by atoms with Gasteiger partial charge in [0.15, 0.2) is 0 Å². The fourth-order valence-electron chi connectivity index (χ4n) is 2.47. The van der Waals surface area contributed by atoms with E-state index in [1.54, 1.807) is 0 Å². The highest BCUT2D eigenvalue weighted by Crippen LogP contribution is 2.29. The number of hydrogen-bond donors (Lipinski definition) is 1. The molecule has 0 unspecified atom stereocenters. The second-order valence-electron chi connectivity index (χ2n) is 7.17. The Hall–Kier alpha value is -0.340. The lowest BCUT2D eigenvalue weighted by molar-refractivity contribution is 0.556. The van der Waals surface area contributed by atoms with Crippen LogP contribution in [0.25, 0.3) is 0 Å². The van der Waals surface area contributed by atoms with Gasteiger partial charge in [0, 0.05) is 16.3 Å². The number of hydrogen-bond acceptors (Lipinski definition) is 2. The molecule has 0 atom stereocenters. The maximum absolute atomic E-state index is 3.59. The Morgan fingerprint density at radius 3 is 2.10 bits per heavy atom. The summed E-state index contributed by atoms with van der Waals surface area (Å²) >= 11 is 1.96. The maximum Gasteiger partial charge on any atom is 0.0299 e. The third-order valence-corrected chi connectivity index (χ3v) is 5.42. The summed E-state index contributed by atoms with van der Waals surface area (Å²) in [7, 11) is 0. The van der Waals surface area contributed by atoms with Crippen molar-refractivity contribution in [1.82, 2.24) is 5.32 Å². The molecular weight excluding hydrogens is 274 g/mol. The van der Waals surface area contributed by atoms with Crippen LogP contribution < -0.4 is 5.32 Å². The third kappa shape index (κ3) is 8.63. The highest BCUT2D eigenvalue weighted by Gasteiger charge is 2.15. The largest absolute Gasteiger partial charge is 0.312 e. The molecule has 0 bridgehead atoms. The van der Waals surface area contributed by atoms with Gasteiger partial charge in [-0.15, -0.1) is 11.3 Å². The van der Waals surface area contributed by atoms with E-state index in [9.17, 15) is 0 Å². The molecule has 0 aromatic carbocycles. The molecule has 21 heavy (non-hydrogen) atoms. The number of unbranched alkanes of at least 4 members (excludes halogenated alkanes) is 7. The molecule has 2 heteroatoms. The summed E-state index contributed by atoms with van der Waals surface area (Å²) in [5, 5.41) is 3.59. The van der Waals surface area contributed by atoms with Crippen LogP contribution in [0.15, 0.2) is 12.1 Å². The van der Waals surface area contributed by atoms with Crippen molar-refractivity contribution in [3.63, 3.8) is 0 Å². The lowest BCUT2D eigenvalue weighted by atomic mass is 9.95. The minimum absolute atomic E-state index is 0.292. The monoisotopic (exact) mass is 309 g/mol. The van der Waals surface area contributed by atoms with Gasteiger partial charge in [-0.3, -0.25) is 0 Å². The van der Waals surface area contributed by atoms with Crippen LogP contribution in [0.2, 0.25) is 0 Å². The van der Waals surface area contributed by atoms with Crippen molar-refractivity contribution in [3.8, 4) is 0 Å². The second-order valence-corrected chi connectivity index (χ2v) is 8.34. The van der Waals surface area contributed by atoms with E-state index in [4.69, 9.17) is 0 Å². The van der Waals surface area contributed by atoms with Gasteiger partial charge in [0.05, 0.1) is 0 Å². The zero-order chi connectivity index (χ0) is 15.6. The minimum atomic E-state index is 0.292. The van der Waals surface area contributed by atoms with E-state index in [0.29, 0.717) is 5.41 Å². The van der Waals surface area contributed by atoms with Gasteiger partial charge in [0.1, 0.15) is 0 Å². The number of nitrogens with one attached hydrogen (secondary N) is 1. The first-order chi connectivity index (χ1) is 10.0. The standard InChI is InChI=1S/C19H35NS/c1-5-6-7-8-9-10-11-12-15-20-16-17-13-14-18(21-17)19(2,3)4/h13-14,20H,5-12,15-16H2,1-4H3. The van der Waals surface area contributed by atoms with Crippen LogP contribution in [0, 0.1) is 0 Å². The molecule has 1 rings (SSSR count). The van der Waals surface area contributed by atoms with E-state index in [1.807, 2.05) is 11.3 Å². The summed E-state index contributed by atoms with van der Waals surface area (Å²) in [5.41, 5.74) is 0.292. The highest BCUT2D eigenvalue weighted by atomic mass is 32.1. The molecule has 1 aromatic rings. The SMILES string of the molecule is CCCCCCCCCCNCc1ccc(C(C)(C)C)s1. The van der Waals surface area contributed by atoms with Gasteiger partial charge in [-0.2, -0.15) is 0 Å². The van der Waals surface area contributed by atoms with Gasteiger partial charge >= 0.3 is 0 Å². The topological polar surface area (TPSA) is 12.0 Å². The molecule has 1 nitrogen and oxygen atoms in total. The van der Waals surface area contributed by atoms with E-state index in [1.165, 1.54) is 61.1 Å². The maximum atomic E-state index is 3.59. The van der Waals surface area contributed by atoms with E-state index in [2.05, 4.69) is 45.1 Å². The van der Waals surface area contributed by atoms with Crippen molar-refractivity contribution in [2.24, 2.45) is 0 Å². The Kier molecular flexibility index (Phi) is 9.26. The molecule has 0 aliphatic rings. The summed E-state index contributed by atoms with van der Waals surface area (Å²) in [5.74, 6) is 0. The molecule has 1 N–H and O–H groups in total. The van der Waals surface area contributed by atoms with Gasteiger partial charge in [0.25, 0.3) is 0 Å². The summed E-state index contributed by atoms with van der Waals surface area (Å²) in [6.07, 6.45) is 11.2. The number of rotatable bonds is 11. The van der Waals surface area contributed by atoms with Gasteiger partial charge in [-0.1, -0.05) is 72.6 Å². The summed E-state index contributed by atoms with van der Waals surface area (Å²) < 4.78 is 0.